The minimum absolute atomic E-state index is 0.0424. The molecule has 0 aliphatic rings. The van der Waals surface area contributed by atoms with Crippen molar-refractivity contribution in [1.82, 2.24) is 0 Å². The Labute approximate surface area is 97.1 Å². The Morgan fingerprint density at radius 3 is 2.50 bits per heavy atom. The highest BCUT2D eigenvalue weighted by atomic mass is 79.9. The molecule has 1 atom stereocenters. The molecular weight excluding hydrogens is 268 g/mol. The Morgan fingerprint density at radius 2 is 2.07 bits per heavy atom. The monoisotopic (exact) mass is 282 g/mol. The zero-order chi connectivity index (χ0) is 11.0. The van der Waals surface area contributed by atoms with E-state index in [1.807, 2.05) is 0 Å². The van der Waals surface area contributed by atoms with Crippen molar-refractivity contribution in [2.24, 2.45) is 0 Å². The average Bonchev–Trinajstić information content (AvgIpc) is 2.15. The average molecular weight is 283 g/mol. The molecule has 0 amide bonds. The van der Waals surface area contributed by atoms with E-state index in [0.29, 0.717) is 6.42 Å². The van der Waals surface area contributed by atoms with Gasteiger partial charge in [-0.2, -0.15) is 0 Å². The lowest BCUT2D eigenvalue weighted by Gasteiger charge is -2.11. The molecule has 0 saturated heterocycles. The van der Waals surface area contributed by atoms with Crippen LogP contribution in [0.2, 0.25) is 0 Å². The number of rotatable bonds is 6. The minimum atomic E-state index is -0.337. The lowest BCUT2D eigenvalue weighted by Crippen LogP contribution is -2.20. The summed E-state index contributed by atoms with van der Waals surface area (Å²) in [5, 5.41) is 0.543. The van der Waals surface area contributed by atoms with Crippen LogP contribution < -0.4 is 0 Å². The fourth-order valence-corrected chi connectivity index (χ4v) is 2.26. The first-order valence-corrected chi connectivity index (χ1v) is 6.43. The third kappa shape index (κ3) is 6.43. The van der Waals surface area contributed by atoms with Gasteiger partial charge in [-0.1, -0.05) is 34.1 Å². The molecule has 0 aromatic carbocycles. The van der Waals surface area contributed by atoms with Crippen molar-refractivity contribution in [2.45, 2.75) is 31.4 Å². The normalized spacial score (nSPS) is 12.2. The molecule has 0 spiro atoms. The van der Waals surface area contributed by atoms with Crippen molar-refractivity contribution in [3.8, 4) is 0 Å². The van der Waals surface area contributed by atoms with Crippen LogP contribution in [0.4, 0.5) is 0 Å². The first-order valence-electron chi connectivity index (χ1n) is 4.42. The van der Waals surface area contributed by atoms with Crippen molar-refractivity contribution in [1.29, 1.82) is 0 Å². The van der Waals surface area contributed by atoms with Gasteiger partial charge in [-0.25, -0.2) is 0 Å². The molecule has 0 N–H and O–H groups in total. The van der Waals surface area contributed by atoms with Gasteiger partial charge in [0.25, 0.3) is 0 Å². The van der Waals surface area contributed by atoms with Gasteiger partial charge in [0.05, 0.1) is 7.11 Å². The van der Waals surface area contributed by atoms with E-state index in [1.165, 1.54) is 14.0 Å². The fraction of sp³-hybridized carbons (Fsp3) is 0.778. The van der Waals surface area contributed by atoms with Gasteiger partial charge in [0, 0.05) is 12.3 Å². The van der Waals surface area contributed by atoms with Crippen molar-refractivity contribution >= 4 is 38.8 Å². The number of methoxy groups -OCH3 is 1. The lowest BCUT2D eigenvalue weighted by atomic mass is 10.2. The molecule has 0 bridgehead atoms. The molecule has 1 unspecified atom stereocenters. The van der Waals surface area contributed by atoms with Crippen LogP contribution >= 0.6 is 27.7 Å². The van der Waals surface area contributed by atoms with Gasteiger partial charge in [0.15, 0.2) is 5.12 Å². The Hall–Kier alpha value is -0.0300. The zero-order valence-corrected chi connectivity index (χ0v) is 10.8. The second kappa shape index (κ2) is 8.29. The van der Waals surface area contributed by atoms with E-state index in [9.17, 15) is 9.59 Å². The molecule has 0 heterocycles. The van der Waals surface area contributed by atoms with Crippen molar-refractivity contribution in [2.75, 3.05) is 12.4 Å². The molecule has 0 rings (SSSR count). The number of halogens is 1. The van der Waals surface area contributed by atoms with E-state index in [4.69, 9.17) is 0 Å². The number of thioether (sulfide) groups is 1. The molecular formula is C9H15BrO3S. The number of alkyl halides is 1. The maximum absolute atomic E-state index is 11.2. The highest BCUT2D eigenvalue weighted by Gasteiger charge is 2.20. The topological polar surface area (TPSA) is 43.4 Å². The van der Waals surface area contributed by atoms with E-state index >= 15 is 0 Å². The largest absolute Gasteiger partial charge is 0.468 e. The highest BCUT2D eigenvalue weighted by Crippen LogP contribution is 2.19. The molecule has 5 heteroatoms. The van der Waals surface area contributed by atoms with E-state index in [0.717, 1.165) is 29.9 Å². The molecule has 82 valence electrons. The van der Waals surface area contributed by atoms with Gasteiger partial charge < -0.3 is 4.74 Å². The van der Waals surface area contributed by atoms with E-state index < -0.39 is 0 Å². The SMILES string of the molecule is COC(=O)C(CCCCBr)SC(C)=O. The summed E-state index contributed by atoms with van der Waals surface area (Å²) in [6.45, 7) is 1.46. The van der Waals surface area contributed by atoms with E-state index in [1.54, 1.807) is 0 Å². The highest BCUT2D eigenvalue weighted by molar-refractivity contribution is 9.09. The Balaban J connectivity index is 3.97. The number of ether oxygens (including phenoxy) is 1. The molecule has 0 fully saturated rings. The van der Waals surface area contributed by atoms with Crippen LogP contribution in [-0.2, 0) is 14.3 Å². The van der Waals surface area contributed by atoms with E-state index in [2.05, 4.69) is 20.7 Å². The molecule has 0 aliphatic carbocycles. The molecule has 14 heavy (non-hydrogen) atoms. The van der Waals surface area contributed by atoms with E-state index in [-0.39, 0.29) is 16.3 Å². The summed E-state index contributed by atoms with van der Waals surface area (Å²) in [6, 6.07) is 0. The Kier molecular flexibility index (Phi) is 8.27. The first-order chi connectivity index (χ1) is 6.61. The summed E-state index contributed by atoms with van der Waals surface area (Å²) < 4.78 is 4.62. The number of unbranched alkanes of at least 4 members (excludes halogenated alkanes) is 1. The summed E-state index contributed by atoms with van der Waals surface area (Å²) in [5.41, 5.74) is 0. The third-order valence-electron chi connectivity index (χ3n) is 1.62. The lowest BCUT2D eigenvalue weighted by molar-refractivity contribution is -0.140. The van der Waals surface area contributed by atoms with Crippen LogP contribution in [0.5, 0.6) is 0 Å². The maximum Gasteiger partial charge on any atom is 0.319 e. The first kappa shape index (κ1) is 14.0. The smallest absolute Gasteiger partial charge is 0.319 e. The number of hydrogen-bond acceptors (Lipinski definition) is 4. The molecule has 3 nitrogen and oxygen atoms in total. The summed E-state index contributed by atoms with van der Waals surface area (Å²) >= 11 is 4.37. The standard InChI is InChI=1S/C9H15BrO3S/c1-7(11)14-8(9(12)13-2)5-3-4-6-10/h8H,3-6H2,1-2H3. The minimum Gasteiger partial charge on any atom is -0.468 e. The maximum atomic E-state index is 11.2. The van der Waals surface area contributed by atoms with Crippen LogP contribution in [0.25, 0.3) is 0 Å². The van der Waals surface area contributed by atoms with Gasteiger partial charge in [0.1, 0.15) is 5.25 Å². The zero-order valence-electron chi connectivity index (χ0n) is 8.42. The Morgan fingerprint density at radius 1 is 1.43 bits per heavy atom. The molecule has 0 aromatic rings. The summed E-state index contributed by atoms with van der Waals surface area (Å²) in [7, 11) is 1.35. The van der Waals surface area contributed by atoms with Crippen LogP contribution in [0.15, 0.2) is 0 Å². The van der Waals surface area contributed by atoms with Crippen LogP contribution in [0, 0.1) is 0 Å². The van der Waals surface area contributed by atoms with Gasteiger partial charge in [-0.15, -0.1) is 0 Å². The summed E-state index contributed by atoms with van der Waals surface area (Å²) in [6.07, 6.45) is 2.62. The number of carbonyl (C=O) groups excluding carboxylic acids is 2. The predicted octanol–water partition coefficient (Wildman–Crippen LogP) is 2.37. The van der Waals surface area contributed by atoms with Crippen LogP contribution in [0.3, 0.4) is 0 Å². The van der Waals surface area contributed by atoms with Gasteiger partial charge >= 0.3 is 5.97 Å². The molecule has 0 aromatic heterocycles. The molecule has 0 saturated carbocycles. The number of carbonyl (C=O) groups is 2. The molecule has 0 radical (unpaired) electrons. The van der Waals surface area contributed by atoms with Gasteiger partial charge in [0.2, 0.25) is 0 Å². The molecule has 0 aliphatic heterocycles. The number of hydrogen-bond donors (Lipinski definition) is 0. The second-order valence-corrected chi connectivity index (χ2v) is 4.98. The van der Waals surface area contributed by atoms with Gasteiger partial charge in [-0.3, -0.25) is 9.59 Å². The second-order valence-electron chi connectivity index (χ2n) is 2.81. The van der Waals surface area contributed by atoms with Crippen molar-refractivity contribution in [3.05, 3.63) is 0 Å². The Bertz CT molecular complexity index is 196. The number of esters is 1. The summed E-state index contributed by atoms with van der Waals surface area (Å²) in [4.78, 5) is 22.1. The third-order valence-corrected chi connectivity index (χ3v) is 3.23. The van der Waals surface area contributed by atoms with Gasteiger partial charge in [-0.05, 0) is 12.8 Å². The quantitative estimate of drug-likeness (QED) is 0.426. The summed E-state index contributed by atoms with van der Waals surface area (Å²) in [5.74, 6) is -0.306. The predicted molar refractivity (Wildman–Crippen MR) is 61.7 cm³/mol. The fourth-order valence-electron chi connectivity index (χ4n) is 0.981. The van der Waals surface area contributed by atoms with Crippen LogP contribution in [-0.4, -0.2) is 28.8 Å². The van der Waals surface area contributed by atoms with Crippen molar-refractivity contribution in [3.63, 3.8) is 0 Å². The van der Waals surface area contributed by atoms with Crippen LogP contribution in [0.1, 0.15) is 26.2 Å². The van der Waals surface area contributed by atoms with Crippen molar-refractivity contribution < 1.29 is 14.3 Å².